The predicted molar refractivity (Wildman–Crippen MR) is 85.5 cm³/mol. The van der Waals surface area contributed by atoms with Crippen LogP contribution in [-0.4, -0.2) is 39.4 Å². The van der Waals surface area contributed by atoms with E-state index >= 15 is 0 Å². The molecule has 3 N–H and O–H groups in total. The molecule has 4 aliphatic rings. The molecule has 4 heteroatoms. The van der Waals surface area contributed by atoms with Crippen LogP contribution < -0.4 is 0 Å². The number of ketones is 1. The van der Waals surface area contributed by atoms with Crippen LogP contribution in [0, 0.1) is 28.6 Å². The molecule has 0 radical (unpaired) electrons. The van der Waals surface area contributed by atoms with Gasteiger partial charge in [-0.1, -0.05) is 19.4 Å². The first-order valence-electron chi connectivity index (χ1n) is 9.06. The molecular formula is C19H28O4. The maximum absolute atomic E-state index is 11.9. The highest BCUT2D eigenvalue weighted by Gasteiger charge is 2.62. The Morgan fingerprint density at radius 3 is 2.65 bits per heavy atom. The van der Waals surface area contributed by atoms with Crippen LogP contribution >= 0.6 is 0 Å². The Hall–Kier alpha value is -0.710. The van der Waals surface area contributed by atoms with Crippen LogP contribution in [0.25, 0.3) is 0 Å². The van der Waals surface area contributed by atoms with Crippen molar-refractivity contribution in [3.05, 3.63) is 11.6 Å². The summed E-state index contributed by atoms with van der Waals surface area (Å²) < 4.78 is 0. The van der Waals surface area contributed by atoms with Crippen LogP contribution in [0.3, 0.4) is 0 Å². The molecule has 0 aromatic carbocycles. The Morgan fingerprint density at radius 2 is 1.91 bits per heavy atom. The number of rotatable bonds is 0. The fraction of sp³-hybridized carbons (Fsp3) is 0.842. The van der Waals surface area contributed by atoms with E-state index in [9.17, 15) is 20.1 Å². The maximum atomic E-state index is 11.9. The molecule has 0 aromatic heterocycles. The largest absolute Gasteiger partial charge is 0.393 e. The van der Waals surface area contributed by atoms with E-state index in [1.807, 2.05) is 0 Å². The number of aliphatic hydroxyl groups excluding tert-OH is 3. The van der Waals surface area contributed by atoms with Crippen molar-refractivity contribution in [2.45, 2.75) is 70.7 Å². The van der Waals surface area contributed by atoms with E-state index in [0.29, 0.717) is 24.7 Å². The summed E-state index contributed by atoms with van der Waals surface area (Å²) in [7, 11) is 0. The van der Waals surface area contributed by atoms with Crippen LogP contribution in [0.5, 0.6) is 0 Å². The summed E-state index contributed by atoms with van der Waals surface area (Å²) in [5.74, 6) is 0.768. The van der Waals surface area contributed by atoms with Crippen molar-refractivity contribution in [3.63, 3.8) is 0 Å². The minimum Gasteiger partial charge on any atom is -0.393 e. The molecular weight excluding hydrogens is 292 g/mol. The highest BCUT2D eigenvalue weighted by atomic mass is 16.3. The molecule has 8 atom stereocenters. The topological polar surface area (TPSA) is 77.8 Å². The van der Waals surface area contributed by atoms with E-state index in [1.165, 1.54) is 5.57 Å². The second-order valence-electron chi connectivity index (χ2n) is 8.91. The zero-order valence-electron chi connectivity index (χ0n) is 14.0. The highest BCUT2D eigenvalue weighted by Crippen LogP contribution is 2.65. The lowest BCUT2D eigenvalue weighted by Gasteiger charge is -2.58. The van der Waals surface area contributed by atoms with E-state index in [0.717, 1.165) is 25.7 Å². The van der Waals surface area contributed by atoms with Crippen molar-refractivity contribution in [1.29, 1.82) is 0 Å². The molecule has 0 amide bonds. The molecule has 0 spiro atoms. The van der Waals surface area contributed by atoms with Crippen molar-refractivity contribution in [2.24, 2.45) is 28.6 Å². The van der Waals surface area contributed by atoms with Gasteiger partial charge >= 0.3 is 0 Å². The van der Waals surface area contributed by atoms with Crippen LogP contribution in [0.15, 0.2) is 11.6 Å². The monoisotopic (exact) mass is 320 g/mol. The van der Waals surface area contributed by atoms with Gasteiger partial charge in [-0.15, -0.1) is 0 Å². The Bertz CT molecular complexity index is 570. The Balaban J connectivity index is 1.72. The summed E-state index contributed by atoms with van der Waals surface area (Å²) in [6.07, 6.45) is 4.78. The van der Waals surface area contributed by atoms with Gasteiger partial charge in [-0.3, -0.25) is 4.79 Å². The summed E-state index contributed by atoms with van der Waals surface area (Å²) in [5, 5.41) is 31.2. The lowest BCUT2D eigenvalue weighted by atomic mass is 9.47. The van der Waals surface area contributed by atoms with Crippen molar-refractivity contribution in [2.75, 3.05) is 0 Å². The summed E-state index contributed by atoms with van der Waals surface area (Å²) >= 11 is 0. The van der Waals surface area contributed by atoms with Crippen molar-refractivity contribution in [1.82, 2.24) is 0 Å². The Labute approximate surface area is 137 Å². The number of hydrogen-bond donors (Lipinski definition) is 3. The standard InChI is InChI=1S/C19H28O4/c1-18-6-5-12-11(17(18)14(21)8-16(18)23)4-3-10-7-13(20)15(22)9-19(10,12)2/h7,11-12,14-17,21-23H,3-6,8-9H2,1-2H3/t11-,12-,14?,15?,16?,17-,18-,19+/m1/s1. The number of hydrogen-bond acceptors (Lipinski definition) is 4. The molecule has 0 aliphatic heterocycles. The van der Waals surface area contributed by atoms with E-state index in [1.54, 1.807) is 6.08 Å². The smallest absolute Gasteiger partial charge is 0.184 e. The molecule has 3 unspecified atom stereocenters. The quantitative estimate of drug-likeness (QED) is 0.636. The normalized spacial score (nSPS) is 55.7. The maximum Gasteiger partial charge on any atom is 0.184 e. The van der Waals surface area contributed by atoms with Gasteiger partial charge in [0.25, 0.3) is 0 Å². The SMILES string of the molecule is C[C@]12CC(O)C(=O)C=C1CC[C@@H]1[C@H]2CC[C@]2(C)C(O)CC(O)[C@@H]12. The van der Waals surface area contributed by atoms with E-state index < -0.39 is 18.3 Å². The fourth-order valence-corrected chi connectivity index (χ4v) is 6.65. The van der Waals surface area contributed by atoms with Gasteiger partial charge in [0, 0.05) is 6.42 Å². The number of allylic oxidation sites excluding steroid dienone is 1. The van der Waals surface area contributed by atoms with Gasteiger partial charge in [-0.25, -0.2) is 0 Å². The number of carbonyl (C=O) groups is 1. The third-order valence-corrected chi connectivity index (χ3v) is 7.94. The number of carbonyl (C=O) groups excluding carboxylic acids is 1. The molecule has 4 nitrogen and oxygen atoms in total. The van der Waals surface area contributed by atoms with Gasteiger partial charge < -0.3 is 15.3 Å². The first-order valence-corrected chi connectivity index (χ1v) is 9.06. The molecule has 4 rings (SSSR count). The lowest BCUT2D eigenvalue weighted by Crippen LogP contribution is -2.54. The Morgan fingerprint density at radius 1 is 1.17 bits per heavy atom. The summed E-state index contributed by atoms with van der Waals surface area (Å²) in [4.78, 5) is 11.9. The molecule has 23 heavy (non-hydrogen) atoms. The number of fused-ring (bicyclic) bond motifs is 5. The molecule has 0 heterocycles. The van der Waals surface area contributed by atoms with Gasteiger partial charge in [0.15, 0.2) is 5.78 Å². The number of aliphatic hydroxyl groups is 3. The van der Waals surface area contributed by atoms with Crippen LogP contribution in [-0.2, 0) is 4.79 Å². The third kappa shape index (κ3) is 1.98. The third-order valence-electron chi connectivity index (χ3n) is 7.94. The second kappa shape index (κ2) is 4.90. The average molecular weight is 320 g/mol. The molecule has 0 bridgehead atoms. The van der Waals surface area contributed by atoms with E-state index in [-0.39, 0.29) is 22.5 Å². The lowest BCUT2D eigenvalue weighted by molar-refractivity contribution is -0.130. The van der Waals surface area contributed by atoms with Crippen molar-refractivity contribution in [3.8, 4) is 0 Å². The molecule has 4 aliphatic carbocycles. The molecule has 0 aromatic rings. The first kappa shape index (κ1) is 15.8. The minimum atomic E-state index is -0.880. The summed E-state index contributed by atoms with van der Waals surface area (Å²) in [5.41, 5.74) is 0.886. The molecule has 128 valence electrons. The predicted octanol–water partition coefficient (Wildman–Crippen LogP) is 1.82. The van der Waals surface area contributed by atoms with Gasteiger partial charge in [-0.2, -0.15) is 0 Å². The molecule has 0 saturated heterocycles. The van der Waals surface area contributed by atoms with Gasteiger partial charge in [0.05, 0.1) is 12.2 Å². The van der Waals surface area contributed by atoms with Crippen LogP contribution in [0.2, 0.25) is 0 Å². The van der Waals surface area contributed by atoms with E-state index in [2.05, 4.69) is 13.8 Å². The van der Waals surface area contributed by atoms with Gasteiger partial charge in [0.2, 0.25) is 0 Å². The van der Waals surface area contributed by atoms with Crippen molar-refractivity contribution >= 4 is 5.78 Å². The van der Waals surface area contributed by atoms with Crippen LogP contribution in [0.1, 0.15) is 52.4 Å². The highest BCUT2D eigenvalue weighted by molar-refractivity contribution is 5.95. The van der Waals surface area contributed by atoms with Gasteiger partial charge in [0.1, 0.15) is 6.10 Å². The fourth-order valence-electron chi connectivity index (χ4n) is 6.65. The van der Waals surface area contributed by atoms with Crippen molar-refractivity contribution < 1.29 is 20.1 Å². The zero-order valence-corrected chi connectivity index (χ0v) is 14.0. The minimum absolute atomic E-state index is 0.134. The van der Waals surface area contributed by atoms with Crippen LogP contribution in [0.4, 0.5) is 0 Å². The summed E-state index contributed by atoms with van der Waals surface area (Å²) in [6.45, 7) is 4.34. The Kier molecular flexibility index (Phi) is 3.37. The zero-order chi connectivity index (χ0) is 16.6. The molecule has 3 fully saturated rings. The first-order chi connectivity index (χ1) is 10.8. The summed E-state index contributed by atoms with van der Waals surface area (Å²) in [6, 6.07) is 0. The van der Waals surface area contributed by atoms with Gasteiger partial charge in [-0.05, 0) is 66.8 Å². The molecule has 3 saturated carbocycles. The van der Waals surface area contributed by atoms with E-state index in [4.69, 9.17) is 0 Å². The second-order valence-corrected chi connectivity index (χ2v) is 8.91. The average Bonchev–Trinajstić information content (AvgIpc) is 2.71.